The highest BCUT2D eigenvalue weighted by Gasteiger charge is 2.23. The summed E-state index contributed by atoms with van der Waals surface area (Å²) in [6.07, 6.45) is 2.90. The van der Waals surface area contributed by atoms with E-state index in [4.69, 9.17) is 0 Å². The fourth-order valence-corrected chi connectivity index (χ4v) is 3.99. The number of benzene rings is 2. The molecule has 3 rings (SSSR count). The van der Waals surface area contributed by atoms with Crippen molar-refractivity contribution in [3.05, 3.63) is 105 Å². The molecule has 0 aliphatic carbocycles. The summed E-state index contributed by atoms with van der Waals surface area (Å²) in [5.74, 6) is -2.10. The van der Waals surface area contributed by atoms with Crippen LogP contribution in [0, 0.1) is 0 Å². The van der Waals surface area contributed by atoms with Crippen molar-refractivity contribution in [3.8, 4) is 0 Å². The second-order valence-electron chi connectivity index (χ2n) is 7.06. The summed E-state index contributed by atoms with van der Waals surface area (Å²) in [6, 6.07) is 17.8. The first-order valence-corrected chi connectivity index (χ1v) is 11.6. The van der Waals surface area contributed by atoms with Gasteiger partial charge in [0, 0.05) is 28.9 Å². The maximum absolute atomic E-state index is 13.0. The molecule has 1 unspecified atom stereocenters. The smallest absolute Gasteiger partial charge is 0.326 e. The number of halogens is 2. The second kappa shape index (κ2) is 12.1. The van der Waals surface area contributed by atoms with Crippen molar-refractivity contribution in [1.29, 1.82) is 0 Å². The number of anilines is 1. The predicted octanol–water partition coefficient (Wildman–Crippen LogP) is 4.10. The molecule has 2 amide bonds. The van der Waals surface area contributed by atoms with Gasteiger partial charge < -0.3 is 21.1 Å². The number of hydrogen-bond donors (Lipinski definition) is 4. The Labute approximate surface area is 212 Å². The Morgan fingerprint density at radius 3 is 2.26 bits per heavy atom. The number of nitrogens with zero attached hydrogens (tertiary/aromatic N) is 1. The summed E-state index contributed by atoms with van der Waals surface area (Å²) in [6.45, 7) is 0. The van der Waals surface area contributed by atoms with Gasteiger partial charge in [-0.15, -0.1) is 0 Å². The Hall–Kier alpha value is -3.50. The maximum atomic E-state index is 13.0. The van der Waals surface area contributed by atoms with Crippen LogP contribution >= 0.6 is 31.9 Å². The van der Waals surface area contributed by atoms with E-state index in [9.17, 15) is 19.5 Å². The lowest BCUT2D eigenvalue weighted by molar-refractivity contribution is -0.141. The molecule has 2 aromatic carbocycles. The number of amides is 2. The zero-order valence-electron chi connectivity index (χ0n) is 17.7. The Bertz CT molecular complexity index is 1200. The van der Waals surface area contributed by atoms with Gasteiger partial charge in [-0.1, -0.05) is 48.5 Å². The number of carboxylic acids is 1. The standard InChI is InChI=1S/C24H20Br2N4O4/c25-17-12-18(26)21(27-13-17)28-14-20(30-22(31)16-9-5-2-6-10-16)23(32)29-19(24(33)34)11-15-7-3-1-4-8-15/h1-10,12-14,19H,11H2,(H,27,28)(H,29,32)(H,30,31)(H,33,34)/b20-14-. The van der Waals surface area contributed by atoms with Gasteiger partial charge >= 0.3 is 5.97 Å². The molecule has 34 heavy (non-hydrogen) atoms. The van der Waals surface area contributed by atoms with Crippen molar-refractivity contribution >= 4 is 55.5 Å². The number of rotatable bonds is 9. The van der Waals surface area contributed by atoms with Gasteiger partial charge in [-0.3, -0.25) is 9.59 Å². The number of aromatic nitrogens is 1. The van der Waals surface area contributed by atoms with Gasteiger partial charge in [0.15, 0.2) is 0 Å². The molecule has 1 heterocycles. The number of carboxylic acid groups (broad SMARTS) is 1. The SMILES string of the molecule is O=C(NC(Cc1ccccc1)C(=O)O)/C(=C/Nc1ncc(Br)cc1Br)NC(=O)c1ccccc1. The monoisotopic (exact) mass is 586 g/mol. The van der Waals surface area contributed by atoms with E-state index in [1.807, 2.05) is 6.07 Å². The van der Waals surface area contributed by atoms with Crippen molar-refractivity contribution in [2.75, 3.05) is 5.32 Å². The highest BCUT2D eigenvalue weighted by molar-refractivity contribution is 9.11. The Kier molecular flexibility index (Phi) is 8.94. The molecule has 0 saturated carbocycles. The molecule has 0 aliphatic rings. The minimum atomic E-state index is -1.20. The molecule has 8 nitrogen and oxygen atoms in total. The first-order chi connectivity index (χ1) is 16.3. The lowest BCUT2D eigenvalue weighted by Crippen LogP contribution is -2.45. The highest BCUT2D eigenvalue weighted by atomic mass is 79.9. The normalized spacial score (nSPS) is 11.9. The van der Waals surface area contributed by atoms with Gasteiger partial charge in [0.2, 0.25) is 0 Å². The van der Waals surface area contributed by atoms with Gasteiger partial charge in [-0.25, -0.2) is 9.78 Å². The van der Waals surface area contributed by atoms with Crippen molar-refractivity contribution < 1.29 is 19.5 Å². The van der Waals surface area contributed by atoms with Crippen LogP contribution in [0.2, 0.25) is 0 Å². The van der Waals surface area contributed by atoms with Crippen LogP contribution < -0.4 is 16.0 Å². The van der Waals surface area contributed by atoms with Crippen LogP contribution in [0.5, 0.6) is 0 Å². The van der Waals surface area contributed by atoms with E-state index in [1.165, 1.54) is 6.20 Å². The minimum Gasteiger partial charge on any atom is -0.480 e. The van der Waals surface area contributed by atoms with Gasteiger partial charge in [-0.2, -0.15) is 0 Å². The number of pyridine rings is 1. The van der Waals surface area contributed by atoms with Crippen molar-refractivity contribution in [3.63, 3.8) is 0 Å². The van der Waals surface area contributed by atoms with E-state index in [2.05, 4.69) is 52.8 Å². The Morgan fingerprint density at radius 1 is 1.00 bits per heavy atom. The summed E-state index contributed by atoms with van der Waals surface area (Å²) in [5.41, 5.74) is 0.906. The van der Waals surface area contributed by atoms with Gasteiger partial charge in [-0.05, 0) is 55.6 Å². The van der Waals surface area contributed by atoms with Crippen molar-refractivity contribution in [1.82, 2.24) is 15.6 Å². The molecule has 1 aromatic heterocycles. The zero-order chi connectivity index (χ0) is 24.5. The number of carbonyl (C=O) groups excluding carboxylic acids is 2. The molecule has 0 spiro atoms. The maximum Gasteiger partial charge on any atom is 0.326 e. The Balaban J connectivity index is 1.83. The zero-order valence-corrected chi connectivity index (χ0v) is 20.8. The van der Waals surface area contributed by atoms with E-state index in [0.29, 0.717) is 15.9 Å². The van der Waals surface area contributed by atoms with Gasteiger partial charge in [0.05, 0.1) is 4.47 Å². The third-order valence-corrected chi connectivity index (χ3v) is 5.61. The summed E-state index contributed by atoms with van der Waals surface area (Å²) < 4.78 is 1.36. The summed E-state index contributed by atoms with van der Waals surface area (Å²) in [5, 5.41) is 17.5. The number of nitrogens with one attached hydrogen (secondary N) is 3. The molecular weight excluding hydrogens is 568 g/mol. The van der Waals surface area contributed by atoms with Gasteiger partial charge in [0.25, 0.3) is 11.8 Å². The third kappa shape index (κ3) is 7.26. The average Bonchev–Trinajstić information content (AvgIpc) is 2.83. The van der Waals surface area contributed by atoms with Crippen LogP contribution in [-0.2, 0) is 16.0 Å². The summed E-state index contributed by atoms with van der Waals surface area (Å²) in [7, 11) is 0. The quantitative estimate of drug-likeness (QED) is 0.280. The van der Waals surface area contributed by atoms with Crippen molar-refractivity contribution in [2.24, 2.45) is 0 Å². The molecule has 10 heteroatoms. The molecule has 3 aromatic rings. The van der Waals surface area contributed by atoms with E-state index < -0.39 is 23.8 Å². The highest BCUT2D eigenvalue weighted by Crippen LogP contribution is 2.23. The largest absolute Gasteiger partial charge is 0.480 e. The van der Waals surface area contributed by atoms with Crippen LogP contribution in [-0.4, -0.2) is 33.9 Å². The molecule has 0 bridgehead atoms. The molecular formula is C24H20Br2N4O4. The fraction of sp³-hybridized carbons (Fsp3) is 0.0833. The fourth-order valence-electron chi connectivity index (χ4n) is 2.89. The molecule has 4 N–H and O–H groups in total. The van der Waals surface area contributed by atoms with E-state index in [-0.39, 0.29) is 12.1 Å². The summed E-state index contributed by atoms with van der Waals surface area (Å²) in [4.78, 5) is 41.7. The molecule has 174 valence electrons. The van der Waals surface area contributed by atoms with E-state index in [1.54, 1.807) is 66.9 Å². The van der Waals surface area contributed by atoms with Crippen LogP contribution in [0.25, 0.3) is 0 Å². The molecule has 0 fully saturated rings. The number of hydrogen-bond acceptors (Lipinski definition) is 5. The third-order valence-electron chi connectivity index (χ3n) is 4.58. The van der Waals surface area contributed by atoms with E-state index in [0.717, 1.165) is 10.0 Å². The molecule has 0 radical (unpaired) electrons. The molecule has 0 saturated heterocycles. The average molecular weight is 588 g/mol. The Morgan fingerprint density at radius 2 is 1.65 bits per heavy atom. The summed E-state index contributed by atoms with van der Waals surface area (Å²) >= 11 is 6.68. The molecule has 0 aliphatic heterocycles. The first-order valence-electron chi connectivity index (χ1n) is 10.0. The van der Waals surface area contributed by atoms with Gasteiger partial charge in [0.1, 0.15) is 17.6 Å². The predicted molar refractivity (Wildman–Crippen MR) is 135 cm³/mol. The molecule has 1 atom stereocenters. The van der Waals surface area contributed by atoms with Crippen LogP contribution in [0.15, 0.2) is 93.8 Å². The lowest BCUT2D eigenvalue weighted by Gasteiger charge is -2.17. The lowest BCUT2D eigenvalue weighted by atomic mass is 10.1. The van der Waals surface area contributed by atoms with Crippen molar-refractivity contribution in [2.45, 2.75) is 12.5 Å². The van der Waals surface area contributed by atoms with E-state index >= 15 is 0 Å². The second-order valence-corrected chi connectivity index (χ2v) is 8.83. The van der Waals surface area contributed by atoms with Crippen LogP contribution in [0.1, 0.15) is 15.9 Å². The van der Waals surface area contributed by atoms with Crippen LogP contribution in [0.3, 0.4) is 0 Å². The minimum absolute atomic E-state index is 0.0784. The topological polar surface area (TPSA) is 120 Å². The first kappa shape index (κ1) is 25.1. The number of aliphatic carboxylic acids is 1. The number of carbonyl (C=O) groups is 3. The van der Waals surface area contributed by atoms with Crippen LogP contribution in [0.4, 0.5) is 5.82 Å².